The van der Waals surface area contributed by atoms with Crippen molar-refractivity contribution >= 4 is 5.78 Å². The van der Waals surface area contributed by atoms with Crippen molar-refractivity contribution in [1.82, 2.24) is 40.4 Å². The molecule has 0 amide bonds. The number of carbonyl (C=O) groups is 1. The van der Waals surface area contributed by atoms with Crippen LogP contribution in [-0.2, 0) is 30.8 Å². The Labute approximate surface area is 324 Å². The summed E-state index contributed by atoms with van der Waals surface area (Å²) in [6.45, 7) is 0.859. The highest BCUT2D eigenvalue weighted by Crippen LogP contribution is 2.33. The molecule has 276 valence electrons. The van der Waals surface area contributed by atoms with Gasteiger partial charge in [-0.2, -0.15) is 0 Å². The van der Waals surface area contributed by atoms with Crippen LogP contribution in [0.5, 0.6) is 11.5 Å². The molecule has 0 aliphatic heterocycles. The van der Waals surface area contributed by atoms with E-state index in [1.54, 1.807) is 0 Å². The number of rotatable bonds is 16. The fourth-order valence-electron chi connectivity index (χ4n) is 6.44. The number of tetrazole rings is 2. The first-order valence-electron chi connectivity index (χ1n) is 18.4. The largest absolute Gasteiger partial charge is 0.489 e. The van der Waals surface area contributed by atoms with E-state index in [4.69, 9.17) is 9.47 Å². The van der Waals surface area contributed by atoms with Crippen LogP contribution in [0.4, 0.5) is 0 Å². The fraction of sp³-hybridized carbons (Fsp3) is 0.133. The lowest BCUT2D eigenvalue weighted by atomic mass is 9.80. The van der Waals surface area contributed by atoms with Crippen molar-refractivity contribution in [3.8, 4) is 22.9 Å². The van der Waals surface area contributed by atoms with Gasteiger partial charge in [0.1, 0.15) is 30.5 Å². The van der Waals surface area contributed by atoms with E-state index in [0.29, 0.717) is 36.4 Å². The minimum Gasteiger partial charge on any atom is -0.489 e. The van der Waals surface area contributed by atoms with Crippen molar-refractivity contribution in [2.45, 2.75) is 37.9 Å². The van der Waals surface area contributed by atoms with Gasteiger partial charge in [-0.1, -0.05) is 121 Å². The molecule has 0 fully saturated rings. The van der Waals surface area contributed by atoms with Gasteiger partial charge in [0.05, 0.1) is 23.2 Å². The molecule has 11 nitrogen and oxygen atoms in total. The predicted molar refractivity (Wildman–Crippen MR) is 211 cm³/mol. The lowest BCUT2D eigenvalue weighted by Crippen LogP contribution is -2.25. The summed E-state index contributed by atoms with van der Waals surface area (Å²) in [6.07, 6.45) is 0.434. The Balaban J connectivity index is 1.11. The molecule has 2 atom stereocenters. The number of aromatic nitrogens is 8. The maximum atomic E-state index is 15.2. The number of hydrogen-bond donors (Lipinski definition) is 0. The summed E-state index contributed by atoms with van der Waals surface area (Å²) in [6, 6.07) is 54.4. The van der Waals surface area contributed by atoms with E-state index in [1.807, 2.05) is 170 Å². The van der Waals surface area contributed by atoms with Gasteiger partial charge in [-0.05, 0) is 81.2 Å². The third-order valence-electron chi connectivity index (χ3n) is 9.41. The molecule has 0 saturated heterocycles. The number of ketones is 1. The van der Waals surface area contributed by atoms with Crippen LogP contribution in [0.1, 0.15) is 45.7 Å². The van der Waals surface area contributed by atoms with Gasteiger partial charge < -0.3 is 9.47 Å². The zero-order valence-corrected chi connectivity index (χ0v) is 30.5. The van der Waals surface area contributed by atoms with Gasteiger partial charge in [0.15, 0.2) is 11.6 Å². The van der Waals surface area contributed by atoms with Gasteiger partial charge in [0, 0.05) is 12.8 Å². The standard InChI is InChI=1S/C45H38N8O3/c54-45(41(29-43-46-50-52(48-43)37-17-9-3-10-18-37)35-21-25-39(26-22-35)55-31-33-13-5-1-6-14-33)42(30-44-47-51-53(49-44)38-19-11-4-12-20-38)36-23-27-40(28-24-36)56-32-34-15-7-2-8-16-34/h1-28,41-42H,29-32H2. The highest BCUT2D eigenvalue weighted by atomic mass is 16.5. The summed E-state index contributed by atoms with van der Waals surface area (Å²) in [7, 11) is 0. The molecular weight excluding hydrogens is 701 g/mol. The minimum absolute atomic E-state index is 0.0481. The highest BCUT2D eigenvalue weighted by Gasteiger charge is 2.32. The number of carbonyl (C=O) groups excluding carboxylic acids is 1. The molecule has 56 heavy (non-hydrogen) atoms. The van der Waals surface area contributed by atoms with E-state index in [-0.39, 0.29) is 18.6 Å². The van der Waals surface area contributed by atoms with Gasteiger partial charge in [-0.15, -0.1) is 30.0 Å². The van der Waals surface area contributed by atoms with Crippen molar-refractivity contribution in [3.63, 3.8) is 0 Å². The van der Waals surface area contributed by atoms with E-state index in [2.05, 4.69) is 30.8 Å². The van der Waals surface area contributed by atoms with Crippen molar-refractivity contribution in [3.05, 3.63) is 204 Å². The van der Waals surface area contributed by atoms with Gasteiger partial charge in [0.25, 0.3) is 0 Å². The zero-order valence-electron chi connectivity index (χ0n) is 30.5. The Kier molecular flexibility index (Phi) is 11.0. The molecule has 8 aromatic rings. The van der Waals surface area contributed by atoms with E-state index in [1.165, 1.54) is 9.59 Å². The second-order valence-corrected chi connectivity index (χ2v) is 13.3. The Morgan fingerprint density at radius 3 is 1.20 bits per heavy atom. The van der Waals surface area contributed by atoms with Gasteiger partial charge in [0.2, 0.25) is 0 Å². The zero-order chi connectivity index (χ0) is 37.9. The maximum Gasteiger partial charge on any atom is 0.176 e. The molecule has 0 N–H and O–H groups in total. The molecule has 6 aromatic carbocycles. The number of Topliss-reactive ketones (excluding diaryl/α,β-unsaturated/α-hetero) is 1. The fourth-order valence-corrected chi connectivity index (χ4v) is 6.44. The second kappa shape index (κ2) is 17.3. The first-order valence-corrected chi connectivity index (χ1v) is 18.4. The van der Waals surface area contributed by atoms with Gasteiger partial charge in [-0.25, -0.2) is 0 Å². The summed E-state index contributed by atoms with van der Waals surface area (Å²) in [4.78, 5) is 18.1. The van der Waals surface area contributed by atoms with E-state index >= 15 is 4.79 Å². The van der Waals surface area contributed by atoms with Crippen LogP contribution in [0.25, 0.3) is 11.4 Å². The normalized spacial score (nSPS) is 12.1. The molecule has 0 aliphatic rings. The summed E-state index contributed by atoms with van der Waals surface area (Å²) in [5.74, 6) is 0.932. The van der Waals surface area contributed by atoms with Crippen LogP contribution in [0.3, 0.4) is 0 Å². The van der Waals surface area contributed by atoms with Crippen LogP contribution in [0.15, 0.2) is 170 Å². The maximum absolute atomic E-state index is 15.2. The van der Waals surface area contributed by atoms with Crippen LogP contribution in [0, 0.1) is 0 Å². The first kappa shape index (κ1) is 35.7. The topological polar surface area (TPSA) is 123 Å². The molecule has 2 heterocycles. The van der Waals surface area contributed by atoms with Gasteiger partial charge >= 0.3 is 0 Å². The summed E-state index contributed by atoms with van der Waals surface area (Å²) in [5.41, 5.74) is 5.27. The predicted octanol–water partition coefficient (Wildman–Crippen LogP) is 7.72. The summed E-state index contributed by atoms with van der Waals surface area (Å²) < 4.78 is 12.2. The highest BCUT2D eigenvalue weighted by molar-refractivity contribution is 5.92. The third-order valence-corrected chi connectivity index (χ3v) is 9.41. The van der Waals surface area contributed by atoms with Gasteiger partial charge in [-0.3, -0.25) is 4.79 Å². The van der Waals surface area contributed by atoms with Crippen LogP contribution in [0.2, 0.25) is 0 Å². The smallest absolute Gasteiger partial charge is 0.176 e. The Hall–Kier alpha value is -7.27. The SMILES string of the molecule is O=C(C(Cc1nnn(-c2ccccc2)n1)c1ccc(OCc2ccccc2)cc1)C(Cc1nnn(-c2ccccc2)n1)c1ccc(OCc2ccccc2)cc1. The summed E-state index contributed by atoms with van der Waals surface area (Å²) in [5, 5.41) is 26.7. The number of hydrogen-bond acceptors (Lipinski definition) is 9. The molecular formula is C45H38N8O3. The molecule has 0 spiro atoms. The molecule has 0 saturated carbocycles. The van der Waals surface area contributed by atoms with Crippen molar-refractivity contribution in [2.75, 3.05) is 0 Å². The summed E-state index contributed by atoms with van der Waals surface area (Å²) >= 11 is 0. The first-order chi connectivity index (χ1) is 27.6. The van der Waals surface area contributed by atoms with Crippen LogP contribution in [-0.4, -0.2) is 46.2 Å². The Bertz CT molecular complexity index is 2270. The molecule has 11 heteroatoms. The number of nitrogens with zero attached hydrogens (tertiary/aromatic N) is 8. The van der Waals surface area contributed by atoms with E-state index in [0.717, 1.165) is 33.6 Å². The van der Waals surface area contributed by atoms with E-state index < -0.39 is 11.8 Å². The van der Waals surface area contributed by atoms with E-state index in [9.17, 15) is 0 Å². The monoisotopic (exact) mass is 738 g/mol. The minimum atomic E-state index is -0.644. The van der Waals surface area contributed by atoms with Crippen LogP contribution >= 0.6 is 0 Å². The molecule has 8 rings (SSSR count). The third kappa shape index (κ3) is 8.91. The molecule has 2 aromatic heterocycles. The molecule has 0 aliphatic carbocycles. The number of ether oxygens (including phenoxy) is 2. The number of benzene rings is 6. The molecule has 0 radical (unpaired) electrons. The molecule has 2 unspecified atom stereocenters. The average molecular weight is 739 g/mol. The van der Waals surface area contributed by atoms with Crippen molar-refractivity contribution < 1.29 is 14.3 Å². The van der Waals surface area contributed by atoms with Crippen LogP contribution < -0.4 is 9.47 Å². The van der Waals surface area contributed by atoms with Crippen molar-refractivity contribution in [2.24, 2.45) is 0 Å². The lowest BCUT2D eigenvalue weighted by molar-refractivity contribution is -0.122. The number of para-hydroxylation sites is 2. The Morgan fingerprint density at radius 1 is 0.464 bits per heavy atom. The quantitative estimate of drug-likeness (QED) is 0.0981. The average Bonchev–Trinajstić information content (AvgIpc) is 3.95. The lowest BCUT2D eigenvalue weighted by Gasteiger charge is -2.22. The second-order valence-electron chi connectivity index (χ2n) is 13.3. The molecule has 0 bridgehead atoms. The van der Waals surface area contributed by atoms with Crippen molar-refractivity contribution in [1.29, 1.82) is 0 Å². The Morgan fingerprint density at radius 2 is 0.821 bits per heavy atom.